The fraction of sp³-hybridized carbons (Fsp3) is 0.364. The fourth-order valence-electron chi connectivity index (χ4n) is 1.76. The van der Waals surface area contributed by atoms with Crippen LogP contribution in [0.2, 0.25) is 0 Å². The minimum atomic E-state index is -3.81. The predicted octanol–water partition coefficient (Wildman–Crippen LogP) is 0.843. The maximum Gasteiger partial charge on any atom is 0.322 e. The third kappa shape index (κ3) is 2.70. The SMILES string of the molecule is COc1cccc(S(=O)(=O)N2CSCC2C(=O)O)c1. The Kier molecular flexibility index (Phi) is 4.02. The van der Waals surface area contributed by atoms with Crippen molar-refractivity contribution in [1.29, 1.82) is 0 Å². The second-order valence-electron chi connectivity index (χ2n) is 3.93. The molecule has 1 unspecified atom stereocenters. The van der Waals surface area contributed by atoms with E-state index in [4.69, 9.17) is 9.84 Å². The summed E-state index contributed by atoms with van der Waals surface area (Å²) >= 11 is 1.28. The van der Waals surface area contributed by atoms with E-state index in [0.29, 0.717) is 5.75 Å². The van der Waals surface area contributed by atoms with Gasteiger partial charge in [-0.1, -0.05) is 6.07 Å². The highest BCUT2D eigenvalue weighted by Gasteiger charge is 2.40. The number of sulfonamides is 1. The van der Waals surface area contributed by atoms with Crippen molar-refractivity contribution in [2.75, 3.05) is 18.7 Å². The Balaban J connectivity index is 2.38. The van der Waals surface area contributed by atoms with Gasteiger partial charge in [0.15, 0.2) is 0 Å². The summed E-state index contributed by atoms with van der Waals surface area (Å²) in [5.74, 6) is -0.300. The van der Waals surface area contributed by atoms with Gasteiger partial charge in [-0.3, -0.25) is 4.79 Å². The number of aliphatic carboxylic acids is 1. The lowest BCUT2D eigenvalue weighted by atomic mass is 10.3. The van der Waals surface area contributed by atoms with Crippen LogP contribution in [0.5, 0.6) is 5.75 Å². The highest BCUT2D eigenvalue weighted by Crippen LogP contribution is 2.29. The molecular formula is C11H13NO5S2. The monoisotopic (exact) mass is 303 g/mol. The Labute approximate surface area is 115 Å². The van der Waals surface area contributed by atoms with Gasteiger partial charge >= 0.3 is 5.97 Å². The van der Waals surface area contributed by atoms with Gasteiger partial charge in [-0.2, -0.15) is 4.31 Å². The van der Waals surface area contributed by atoms with Crippen LogP contribution in [0.4, 0.5) is 0 Å². The molecule has 1 aliphatic rings. The van der Waals surface area contributed by atoms with E-state index in [-0.39, 0.29) is 16.5 Å². The summed E-state index contributed by atoms with van der Waals surface area (Å²) in [4.78, 5) is 11.1. The van der Waals surface area contributed by atoms with Gasteiger partial charge in [-0.05, 0) is 12.1 Å². The molecule has 0 aliphatic carbocycles. The van der Waals surface area contributed by atoms with Gasteiger partial charge in [0.2, 0.25) is 10.0 Å². The number of rotatable bonds is 4. The lowest BCUT2D eigenvalue weighted by Crippen LogP contribution is -2.41. The number of methoxy groups -OCH3 is 1. The van der Waals surface area contributed by atoms with Gasteiger partial charge in [-0.15, -0.1) is 11.8 Å². The van der Waals surface area contributed by atoms with Crippen LogP contribution < -0.4 is 4.74 Å². The Morgan fingerprint density at radius 1 is 1.53 bits per heavy atom. The molecule has 8 heteroatoms. The zero-order valence-electron chi connectivity index (χ0n) is 10.1. The van der Waals surface area contributed by atoms with Crippen LogP contribution in [0.3, 0.4) is 0 Å². The molecule has 0 aromatic heterocycles. The van der Waals surface area contributed by atoms with Crippen LogP contribution >= 0.6 is 11.8 Å². The summed E-state index contributed by atoms with van der Waals surface area (Å²) in [6.45, 7) is 0. The molecule has 1 atom stereocenters. The third-order valence-electron chi connectivity index (χ3n) is 2.77. The smallest absolute Gasteiger partial charge is 0.322 e. The Morgan fingerprint density at radius 3 is 2.89 bits per heavy atom. The highest BCUT2D eigenvalue weighted by molar-refractivity contribution is 8.00. The van der Waals surface area contributed by atoms with Crippen LogP contribution in [0.25, 0.3) is 0 Å². The molecule has 104 valence electrons. The molecule has 2 rings (SSSR count). The molecule has 1 aliphatic heterocycles. The summed E-state index contributed by atoms with van der Waals surface area (Å²) in [6, 6.07) is 5.00. The Hall–Kier alpha value is -1.25. The minimum Gasteiger partial charge on any atom is -0.497 e. The van der Waals surface area contributed by atoms with Crippen molar-refractivity contribution >= 4 is 27.8 Å². The summed E-state index contributed by atoms with van der Waals surface area (Å²) in [6.07, 6.45) is 0. The molecule has 1 heterocycles. The summed E-state index contributed by atoms with van der Waals surface area (Å²) in [7, 11) is -2.37. The average molecular weight is 303 g/mol. The molecular weight excluding hydrogens is 290 g/mol. The number of nitrogens with zero attached hydrogens (tertiary/aromatic N) is 1. The second kappa shape index (κ2) is 5.40. The quantitative estimate of drug-likeness (QED) is 0.887. The molecule has 0 spiro atoms. The molecule has 6 nitrogen and oxygen atoms in total. The molecule has 0 bridgehead atoms. The van der Waals surface area contributed by atoms with E-state index in [9.17, 15) is 13.2 Å². The van der Waals surface area contributed by atoms with Gasteiger partial charge in [0.05, 0.1) is 17.9 Å². The molecule has 1 aromatic rings. The van der Waals surface area contributed by atoms with E-state index in [1.54, 1.807) is 12.1 Å². The van der Waals surface area contributed by atoms with Crippen molar-refractivity contribution in [1.82, 2.24) is 4.31 Å². The summed E-state index contributed by atoms with van der Waals surface area (Å²) in [5.41, 5.74) is 0. The predicted molar refractivity (Wildman–Crippen MR) is 70.8 cm³/mol. The lowest BCUT2D eigenvalue weighted by Gasteiger charge is -2.20. The van der Waals surface area contributed by atoms with Crippen molar-refractivity contribution in [3.8, 4) is 5.75 Å². The highest BCUT2D eigenvalue weighted by atomic mass is 32.2. The van der Waals surface area contributed by atoms with E-state index in [1.165, 1.54) is 31.0 Å². The largest absolute Gasteiger partial charge is 0.497 e. The van der Waals surface area contributed by atoms with Gasteiger partial charge in [0, 0.05) is 11.8 Å². The first-order chi connectivity index (χ1) is 8.96. The van der Waals surface area contributed by atoms with Crippen molar-refractivity contribution in [2.24, 2.45) is 0 Å². The second-order valence-corrected chi connectivity index (χ2v) is 6.82. The van der Waals surface area contributed by atoms with E-state index in [0.717, 1.165) is 4.31 Å². The van der Waals surface area contributed by atoms with Crippen molar-refractivity contribution < 1.29 is 23.1 Å². The molecule has 1 aromatic carbocycles. The number of benzene rings is 1. The maximum absolute atomic E-state index is 12.4. The standard InChI is InChI=1S/C11H13NO5S2/c1-17-8-3-2-4-9(5-8)19(15,16)12-7-18-6-10(12)11(13)14/h2-5,10H,6-7H2,1H3,(H,13,14). The maximum atomic E-state index is 12.4. The first-order valence-corrected chi connectivity index (χ1v) is 8.02. The molecule has 1 saturated heterocycles. The number of carbonyl (C=O) groups is 1. The van der Waals surface area contributed by atoms with Crippen molar-refractivity contribution in [3.05, 3.63) is 24.3 Å². The minimum absolute atomic E-state index is 0.0422. The van der Waals surface area contributed by atoms with Crippen LogP contribution in [0, 0.1) is 0 Å². The first kappa shape index (κ1) is 14.2. The average Bonchev–Trinajstić information content (AvgIpc) is 2.89. The molecule has 0 radical (unpaired) electrons. The van der Waals surface area contributed by atoms with Crippen LogP contribution in [0.1, 0.15) is 0 Å². The fourth-order valence-corrected chi connectivity index (χ4v) is 4.93. The number of carboxylic acid groups (broad SMARTS) is 1. The number of hydrogen-bond donors (Lipinski definition) is 1. The zero-order valence-corrected chi connectivity index (χ0v) is 11.8. The summed E-state index contributed by atoms with van der Waals surface area (Å²) < 4.78 is 30.8. The van der Waals surface area contributed by atoms with E-state index in [1.807, 2.05) is 0 Å². The zero-order chi connectivity index (χ0) is 14.0. The van der Waals surface area contributed by atoms with Crippen molar-refractivity contribution in [3.63, 3.8) is 0 Å². The Bertz CT molecular complexity index is 587. The van der Waals surface area contributed by atoms with Gasteiger partial charge in [0.25, 0.3) is 0 Å². The molecule has 1 fully saturated rings. The molecule has 0 saturated carbocycles. The lowest BCUT2D eigenvalue weighted by molar-refractivity contribution is -0.140. The summed E-state index contributed by atoms with van der Waals surface area (Å²) in [5, 5.41) is 9.05. The first-order valence-electron chi connectivity index (χ1n) is 5.43. The van der Waals surface area contributed by atoms with Crippen LogP contribution in [-0.4, -0.2) is 48.6 Å². The van der Waals surface area contributed by atoms with Crippen LogP contribution in [-0.2, 0) is 14.8 Å². The third-order valence-corrected chi connectivity index (χ3v) is 5.80. The normalized spacial score (nSPS) is 20.4. The van der Waals surface area contributed by atoms with Gasteiger partial charge in [-0.25, -0.2) is 8.42 Å². The van der Waals surface area contributed by atoms with Crippen molar-refractivity contribution in [2.45, 2.75) is 10.9 Å². The van der Waals surface area contributed by atoms with E-state index in [2.05, 4.69) is 0 Å². The molecule has 0 amide bonds. The Morgan fingerprint density at radius 2 is 2.26 bits per heavy atom. The van der Waals surface area contributed by atoms with Gasteiger partial charge in [0.1, 0.15) is 11.8 Å². The number of thioether (sulfide) groups is 1. The van der Waals surface area contributed by atoms with Crippen LogP contribution in [0.15, 0.2) is 29.2 Å². The topological polar surface area (TPSA) is 83.9 Å². The number of carboxylic acids is 1. The van der Waals surface area contributed by atoms with E-state index < -0.39 is 22.0 Å². The van der Waals surface area contributed by atoms with E-state index >= 15 is 0 Å². The molecule has 19 heavy (non-hydrogen) atoms. The molecule has 1 N–H and O–H groups in total. The number of hydrogen-bond acceptors (Lipinski definition) is 5. The number of ether oxygens (including phenoxy) is 1. The van der Waals surface area contributed by atoms with Gasteiger partial charge < -0.3 is 9.84 Å².